The van der Waals surface area contributed by atoms with Crippen LogP contribution in [0, 0.1) is 13.8 Å². The number of piperidine rings is 1. The molecule has 2 aromatic rings. The molecule has 0 atom stereocenters. The zero-order chi connectivity index (χ0) is 17.3. The van der Waals surface area contributed by atoms with E-state index in [2.05, 4.69) is 57.4 Å². The standard InChI is InChI=1S/C18H23N5O2/c1-13-3-4-14(2)15(11-13)20-17-21-16(12-19-22-17)23-7-5-18(6-8-23)24-9-10-25-18/h3-4,11-12H,5-10H2,1-2H3,(H,20,21,22). The smallest absolute Gasteiger partial charge is 0.249 e. The van der Waals surface area contributed by atoms with Gasteiger partial charge in [0.2, 0.25) is 5.95 Å². The second-order valence-electron chi connectivity index (χ2n) is 6.68. The summed E-state index contributed by atoms with van der Waals surface area (Å²) in [5.74, 6) is 0.965. The fourth-order valence-corrected chi connectivity index (χ4v) is 3.35. The summed E-state index contributed by atoms with van der Waals surface area (Å²) in [6.07, 6.45) is 3.40. The number of rotatable bonds is 3. The molecule has 2 saturated heterocycles. The first-order valence-corrected chi connectivity index (χ1v) is 8.70. The van der Waals surface area contributed by atoms with E-state index in [-0.39, 0.29) is 5.79 Å². The quantitative estimate of drug-likeness (QED) is 0.920. The van der Waals surface area contributed by atoms with Crippen molar-refractivity contribution >= 4 is 17.5 Å². The average Bonchev–Trinajstić information content (AvgIpc) is 3.07. The van der Waals surface area contributed by atoms with Crippen molar-refractivity contribution in [2.75, 3.05) is 36.5 Å². The molecule has 0 radical (unpaired) electrons. The summed E-state index contributed by atoms with van der Waals surface area (Å²) < 4.78 is 11.6. The molecule has 2 fully saturated rings. The molecule has 2 aliphatic rings. The van der Waals surface area contributed by atoms with Crippen LogP contribution in [0.5, 0.6) is 0 Å². The van der Waals surface area contributed by atoms with Gasteiger partial charge in [-0.1, -0.05) is 12.1 Å². The Morgan fingerprint density at radius 3 is 2.64 bits per heavy atom. The van der Waals surface area contributed by atoms with Crippen LogP contribution < -0.4 is 10.2 Å². The van der Waals surface area contributed by atoms with Crippen molar-refractivity contribution in [2.24, 2.45) is 0 Å². The largest absolute Gasteiger partial charge is 0.355 e. The number of aryl methyl sites for hydroxylation is 2. The normalized spacial score (nSPS) is 19.4. The molecule has 1 N–H and O–H groups in total. The Morgan fingerprint density at radius 2 is 1.88 bits per heavy atom. The zero-order valence-electron chi connectivity index (χ0n) is 14.7. The molecule has 0 amide bonds. The van der Waals surface area contributed by atoms with Crippen LogP contribution in [-0.4, -0.2) is 47.3 Å². The van der Waals surface area contributed by atoms with Gasteiger partial charge in [0.05, 0.1) is 19.4 Å². The number of hydrogen-bond donors (Lipinski definition) is 1. The molecule has 2 aliphatic heterocycles. The topological polar surface area (TPSA) is 72.4 Å². The van der Waals surface area contributed by atoms with Crippen molar-refractivity contribution in [3.63, 3.8) is 0 Å². The predicted octanol–water partition coefficient (Wildman–Crippen LogP) is 2.58. The number of benzene rings is 1. The molecule has 4 rings (SSSR count). The fraction of sp³-hybridized carbons (Fsp3) is 0.500. The van der Waals surface area contributed by atoms with Crippen LogP contribution in [-0.2, 0) is 9.47 Å². The van der Waals surface area contributed by atoms with Crippen molar-refractivity contribution in [1.82, 2.24) is 15.2 Å². The Balaban J connectivity index is 1.47. The summed E-state index contributed by atoms with van der Waals surface area (Å²) in [5, 5.41) is 11.5. The maximum Gasteiger partial charge on any atom is 0.249 e. The molecule has 25 heavy (non-hydrogen) atoms. The van der Waals surface area contributed by atoms with Gasteiger partial charge in [-0.15, -0.1) is 5.10 Å². The van der Waals surface area contributed by atoms with E-state index >= 15 is 0 Å². The first kappa shape index (κ1) is 16.2. The summed E-state index contributed by atoms with van der Waals surface area (Å²) >= 11 is 0. The third-order valence-corrected chi connectivity index (χ3v) is 4.85. The fourth-order valence-electron chi connectivity index (χ4n) is 3.35. The van der Waals surface area contributed by atoms with Crippen molar-refractivity contribution in [2.45, 2.75) is 32.5 Å². The van der Waals surface area contributed by atoms with Gasteiger partial charge in [0.15, 0.2) is 11.6 Å². The molecule has 132 valence electrons. The lowest BCUT2D eigenvalue weighted by molar-refractivity contribution is -0.169. The zero-order valence-corrected chi connectivity index (χ0v) is 14.7. The monoisotopic (exact) mass is 341 g/mol. The van der Waals surface area contributed by atoms with E-state index in [0.717, 1.165) is 43.0 Å². The number of aromatic nitrogens is 3. The van der Waals surface area contributed by atoms with Crippen molar-refractivity contribution in [1.29, 1.82) is 0 Å². The molecular weight excluding hydrogens is 318 g/mol. The van der Waals surface area contributed by atoms with Gasteiger partial charge in [-0.05, 0) is 31.0 Å². The highest BCUT2D eigenvalue weighted by Gasteiger charge is 2.40. The van der Waals surface area contributed by atoms with Gasteiger partial charge in [0, 0.05) is 31.6 Å². The molecule has 0 saturated carbocycles. The molecule has 0 bridgehead atoms. The molecular formula is C18H23N5O2. The first-order chi connectivity index (χ1) is 12.1. The minimum Gasteiger partial charge on any atom is -0.355 e. The third kappa shape index (κ3) is 3.43. The van der Waals surface area contributed by atoms with Crippen LogP contribution >= 0.6 is 0 Å². The van der Waals surface area contributed by atoms with Gasteiger partial charge >= 0.3 is 0 Å². The number of hydrogen-bond acceptors (Lipinski definition) is 7. The minimum atomic E-state index is -0.378. The molecule has 7 heteroatoms. The number of nitrogens with one attached hydrogen (secondary N) is 1. The maximum atomic E-state index is 5.78. The van der Waals surface area contributed by atoms with Gasteiger partial charge in [-0.2, -0.15) is 10.1 Å². The Bertz CT molecular complexity index is 751. The number of ether oxygens (including phenoxy) is 2. The summed E-state index contributed by atoms with van der Waals surface area (Å²) in [6.45, 7) is 7.18. The lowest BCUT2D eigenvalue weighted by atomic mass is 10.0. The highest BCUT2D eigenvalue weighted by atomic mass is 16.7. The van der Waals surface area contributed by atoms with E-state index in [9.17, 15) is 0 Å². The van der Waals surface area contributed by atoms with Crippen molar-refractivity contribution in [3.8, 4) is 0 Å². The van der Waals surface area contributed by atoms with E-state index in [4.69, 9.17) is 9.47 Å². The van der Waals surface area contributed by atoms with Gasteiger partial charge in [0.1, 0.15) is 0 Å². The van der Waals surface area contributed by atoms with Crippen LogP contribution in [0.3, 0.4) is 0 Å². The lowest BCUT2D eigenvalue weighted by Crippen LogP contribution is -2.45. The second-order valence-corrected chi connectivity index (χ2v) is 6.68. The Hall–Kier alpha value is -2.25. The molecule has 7 nitrogen and oxygen atoms in total. The molecule has 1 aromatic carbocycles. The SMILES string of the molecule is Cc1ccc(C)c(Nc2nncc(N3CCC4(CC3)OCCO4)n2)c1. The van der Waals surface area contributed by atoms with Crippen LogP contribution in [0.1, 0.15) is 24.0 Å². The van der Waals surface area contributed by atoms with Gasteiger partial charge in [0.25, 0.3) is 0 Å². The Morgan fingerprint density at radius 1 is 1.12 bits per heavy atom. The number of anilines is 3. The first-order valence-electron chi connectivity index (χ1n) is 8.70. The van der Waals surface area contributed by atoms with Crippen LogP contribution in [0.4, 0.5) is 17.5 Å². The highest BCUT2D eigenvalue weighted by molar-refractivity contribution is 5.59. The Labute approximate surface area is 147 Å². The van der Waals surface area contributed by atoms with E-state index in [1.807, 2.05) is 0 Å². The maximum absolute atomic E-state index is 5.78. The van der Waals surface area contributed by atoms with E-state index in [1.54, 1.807) is 6.20 Å². The molecule has 1 spiro atoms. The summed E-state index contributed by atoms with van der Waals surface area (Å²) in [6, 6.07) is 6.26. The number of nitrogens with zero attached hydrogens (tertiary/aromatic N) is 4. The minimum absolute atomic E-state index is 0.378. The van der Waals surface area contributed by atoms with Gasteiger partial charge in [-0.25, -0.2) is 0 Å². The predicted molar refractivity (Wildman–Crippen MR) is 95.1 cm³/mol. The third-order valence-electron chi connectivity index (χ3n) is 4.85. The van der Waals surface area contributed by atoms with Crippen LogP contribution in [0.15, 0.2) is 24.4 Å². The summed E-state index contributed by atoms with van der Waals surface area (Å²) in [7, 11) is 0. The highest BCUT2D eigenvalue weighted by Crippen LogP contribution is 2.32. The van der Waals surface area contributed by atoms with Gasteiger partial charge < -0.3 is 19.7 Å². The van der Waals surface area contributed by atoms with Crippen LogP contribution in [0.25, 0.3) is 0 Å². The lowest BCUT2D eigenvalue weighted by Gasteiger charge is -2.37. The average molecular weight is 341 g/mol. The summed E-state index contributed by atoms with van der Waals surface area (Å²) in [4.78, 5) is 6.84. The molecule has 0 unspecified atom stereocenters. The molecule has 1 aromatic heterocycles. The summed E-state index contributed by atoms with van der Waals surface area (Å²) in [5.41, 5.74) is 3.34. The molecule has 0 aliphatic carbocycles. The van der Waals surface area contributed by atoms with Crippen molar-refractivity contribution < 1.29 is 9.47 Å². The van der Waals surface area contributed by atoms with E-state index < -0.39 is 0 Å². The van der Waals surface area contributed by atoms with Gasteiger partial charge in [-0.3, -0.25) is 0 Å². The molecule has 3 heterocycles. The van der Waals surface area contributed by atoms with Crippen LogP contribution in [0.2, 0.25) is 0 Å². The van der Waals surface area contributed by atoms with E-state index in [0.29, 0.717) is 19.2 Å². The Kier molecular flexibility index (Phi) is 4.27. The second kappa shape index (κ2) is 6.57. The van der Waals surface area contributed by atoms with E-state index in [1.165, 1.54) is 5.56 Å². The van der Waals surface area contributed by atoms with Crippen molar-refractivity contribution in [3.05, 3.63) is 35.5 Å².